The summed E-state index contributed by atoms with van der Waals surface area (Å²) in [6, 6.07) is 6.67. The number of amides is 1. The van der Waals surface area contributed by atoms with Gasteiger partial charge in [0.1, 0.15) is 17.5 Å². The Labute approximate surface area is 143 Å². The summed E-state index contributed by atoms with van der Waals surface area (Å²) >= 11 is 0. The Morgan fingerprint density at radius 2 is 1.64 bits per heavy atom. The number of nitrogens with one attached hydrogen (secondary N) is 1. The van der Waals surface area contributed by atoms with E-state index in [1.54, 1.807) is 0 Å². The van der Waals surface area contributed by atoms with Gasteiger partial charge in [0.05, 0.1) is 17.1 Å². The highest BCUT2D eigenvalue weighted by Gasteiger charge is 2.25. The molecule has 0 radical (unpaired) electrons. The fraction of sp³-hybridized carbons (Fsp3) is 0.188. The summed E-state index contributed by atoms with van der Waals surface area (Å²) < 4.78 is 65.4. The van der Waals surface area contributed by atoms with Crippen LogP contribution in [0.1, 0.15) is 6.92 Å². The van der Waals surface area contributed by atoms with Gasteiger partial charge in [-0.1, -0.05) is 6.92 Å². The summed E-state index contributed by atoms with van der Waals surface area (Å²) in [5.74, 6) is -3.03. The molecule has 134 valence electrons. The number of likely N-dealkylation sites (N-methyl/N-ethyl adjacent to an activating group) is 1. The van der Waals surface area contributed by atoms with Crippen molar-refractivity contribution in [3.05, 3.63) is 59.9 Å². The molecule has 2 aromatic rings. The van der Waals surface area contributed by atoms with Crippen LogP contribution >= 0.6 is 0 Å². The van der Waals surface area contributed by atoms with E-state index >= 15 is 0 Å². The van der Waals surface area contributed by atoms with Crippen molar-refractivity contribution in [3.8, 4) is 0 Å². The van der Waals surface area contributed by atoms with Crippen LogP contribution in [-0.4, -0.2) is 31.7 Å². The van der Waals surface area contributed by atoms with Gasteiger partial charge in [-0.3, -0.25) is 4.79 Å². The minimum Gasteiger partial charge on any atom is -0.322 e. The second-order valence-electron chi connectivity index (χ2n) is 5.06. The summed E-state index contributed by atoms with van der Waals surface area (Å²) in [6.07, 6.45) is 0. The monoisotopic (exact) mass is 372 g/mol. The first-order valence-corrected chi connectivity index (χ1v) is 8.68. The predicted octanol–water partition coefficient (Wildman–Crippen LogP) is 2.75. The van der Waals surface area contributed by atoms with Crippen molar-refractivity contribution < 1.29 is 26.4 Å². The normalized spacial score (nSPS) is 11.6. The van der Waals surface area contributed by atoms with Gasteiger partial charge in [-0.15, -0.1) is 0 Å². The fourth-order valence-electron chi connectivity index (χ4n) is 2.07. The molecule has 0 atom stereocenters. The van der Waals surface area contributed by atoms with E-state index in [1.807, 2.05) is 0 Å². The number of anilines is 1. The second kappa shape index (κ2) is 7.66. The summed E-state index contributed by atoms with van der Waals surface area (Å²) in [4.78, 5) is 11.8. The van der Waals surface area contributed by atoms with Crippen molar-refractivity contribution in [2.45, 2.75) is 11.8 Å². The first-order valence-electron chi connectivity index (χ1n) is 7.24. The van der Waals surface area contributed by atoms with E-state index in [0.717, 1.165) is 46.8 Å². The van der Waals surface area contributed by atoms with Crippen molar-refractivity contribution in [2.24, 2.45) is 0 Å². The number of halogens is 3. The van der Waals surface area contributed by atoms with Gasteiger partial charge in [-0.2, -0.15) is 4.31 Å². The molecule has 0 heterocycles. The molecule has 0 bridgehead atoms. The topological polar surface area (TPSA) is 66.5 Å². The molecule has 0 spiro atoms. The Morgan fingerprint density at radius 3 is 2.24 bits per heavy atom. The first-order chi connectivity index (χ1) is 11.7. The van der Waals surface area contributed by atoms with Crippen molar-refractivity contribution in [2.75, 3.05) is 18.4 Å². The quantitative estimate of drug-likeness (QED) is 0.848. The third-order valence-corrected chi connectivity index (χ3v) is 5.26. The van der Waals surface area contributed by atoms with E-state index in [1.165, 1.54) is 6.92 Å². The van der Waals surface area contributed by atoms with Crippen LogP contribution in [0.15, 0.2) is 47.4 Å². The van der Waals surface area contributed by atoms with Crippen LogP contribution in [0.5, 0.6) is 0 Å². The van der Waals surface area contributed by atoms with Crippen molar-refractivity contribution in [3.63, 3.8) is 0 Å². The zero-order valence-corrected chi connectivity index (χ0v) is 14.0. The maximum atomic E-state index is 13.5. The lowest BCUT2D eigenvalue weighted by molar-refractivity contribution is -0.116. The lowest BCUT2D eigenvalue weighted by Gasteiger charge is -2.20. The number of benzene rings is 2. The molecule has 0 aromatic heterocycles. The average molecular weight is 372 g/mol. The van der Waals surface area contributed by atoms with Crippen LogP contribution in [0.2, 0.25) is 0 Å². The zero-order chi connectivity index (χ0) is 18.6. The van der Waals surface area contributed by atoms with Crippen LogP contribution in [-0.2, 0) is 14.8 Å². The number of hydrogen-bond acceptors (Lipinski definition) is 3. The Bertz CT molecular complexity index is 871. The van der Waals surface area contributed by atoms with Crippen LogP contribution in [0, 0.1) is 17.5 Å². The van der Waals surface area contributed by atoms with Gasteiger partial charge in [-0.05, 0) is 36.4 Å². The van der Waals surface area contributed by atoms with E-state index in [9.17, 15) is 26.4 Å². The molecule has 1 N–H and O–H groups in total. The minimum absolute atomic E-state index is 0.0429. The van der Waals surface area contributed by atoms with E-state index in [-0.39, 0.29) is 17.1 Å². The third-order valence-electron chi connectivity index (χ3n) is 3.33. The van der Waals surface area contributed by atoms with E-state index in [0.29, 0.717) is 0 Å². The number of carbonyl (C=O) groups excluding carboxylic acids is 1. The highest BCUT2D eigenvalue weighted by Crippen LogP contribution is 2.18. The molecule has 25 heavy (non-hydrogen) atoms. The number of sulfonamides is 1. The summed E-state index contributed by atoms with van der Waals surface area (Å²) in [5, 5.41) is 2.13. The molecule has 1 amide bonds. The molecule has 0 saturated carbocycles. The van der Waals surface area contributed by atoms with Gasteiger partial charge in [-0.25, -0.2) is 21.6 Å². The highest BCUT2D eigenvalue weighted by molar-refractivity contribution is 7.89. The standard InChI is InChI=1S/C16H15F3N2O3S/c1-2-21(25(23,24)13-6-3-11(17)4-7-13)10-16(22)20-15-9-12(18)5-8-14(15)19/h3-9H,2,10H2,1H3,(H,20,22). The number of rotatable bonds is 6. The molecule has 0 saturated heterocycles. The number of carbonyl (C=O) groups is 1. The van der Waals surface area contributed by atoms with Gasteiger partial charge in [0.25, 0.3) is 0 Å². The van der Waals surface area contributed by atoms with Gasteiger partial charge >= 0.3 is 0 Å². The van der Waals surface area contributed by atoms with Gasteiger partial charge in [0.15, 0.2) is 0 Å². The van der Waals surface area contributed by atoms with Gasteiger partial charge in [0, 0.05) is 12.6 Å². The molecule has 9 heteroatoms. The first kappa shape index (κ1) is 18.9. The van der Waals surface area contributed by atoms with Crippen molar-refractivity contribution >= 4 is 21.6 Å². The van der Waals surface area contributed by atoms with Gasteiger partial charge < -0.3 is 5.32 Å². The summed E-state index contributed by atoms with van der Waals surface area (Å²) in [6.45, 7) is 0.863. The lowest BCUT2D eigenvalue weighted by Crippen LogP contribution is -2.38. The molecule has 0 aliphatic carbocycles. The molecule has 0 aliphatic rings. The maximum Gasteiger partial charge on any atom is 0.243 e. The molecule has 0 aliphatic heterocycles. The third kappa shape index (κ3) is 4.58. The smallest absolute Gasteiger partial charge is 0.243 e. The highest BCUT2D eigenvalue weighted by atomic mass is 32.2. The fourth-order valence-corrected chi connectivity index (χ4v) is 3.47. The number of hydrogen-bond donors (Lipinski definition) is 1. The predicted molar refractivity (Wildman–Crippen MR) is 85.8 cm³/mol. The van der Waals surface area contributed by atoms with Crippen LogP contribution in [0.4, 0.5) is 18.9 Å². The van der Waals surface area contributed by atoms with Crippen LogP contribution in [0.3, 0.4) is 0 Å². The Kier molecular flexibility index (Phi) is 5.81. The average Bonchev–Trinajstić information content (AvgIpc) is 2.56. The molecule has 2 aromatic carbocycles. The molecule has 0 fully saturated rings. The van der Waals surface area contributed by atoms with Crippen LogP contribution in [0.25, 0.3) is 0 Å². The molecule has 2 rings (SSSR count). The largest absolute Gasteiger partial charge is 0.322 e. The SMILES string of the molecule is CCN(CC(=O)Nc1cc(F)ccc1F)S(=O)(=O)c1ccc(F)cc1. The molecular weight excluding hydrogens is 357 g/mol. The van der Waals surface area contributed by atoms with Crippen LogP contribution < -0.4 is 5.32 Å². The van der Waals surface area contributed by atoms with E-state index in [2.05, 4.69) is 5.32 Å². The Morgan fingerprint density at radius 1 is 1.04 bits per heavy atom. The molecule has 0 unspecified atom stereocenters. The van der Waals surface area contributed by atoms with Crippen molar-refractivity contribution in [1.29, 1.82) is 0 Å². The number of nitrogens with zero attached hydrogens (tertiary/aromatic N) is 1. The van der Waals surface area contributed by atoms with Gasteiger partial charge in [0.2, 0.25) is 15.9 Å². The maximum absolute atomic E-state index is 13.5. The Balaban J connectivity index is 2.16. The van der Waals surface area contributed by atoms with Crippen molar-refractivity contribution in [1.82, 2.24) is 4.31 Å². The summed E-state index contributed by atoms with van der Waals surface area (Å²) in [7, 11) is -4.04. The summed E-state index contributed by atoms with van der Waals surface area (Å²) in [5.41, 5.74) is -0.389. The van der Waals surface area contributed by atoms with E-state index in [4.69, 9.17) is 0 Å². The minimum atomic E-state index is -4.04. The Hall–Kier alpha value is -2.39. The second-order valence-corrected chi connectivity index (χ2v) is 7.00. The molecule has 5 nitrogen and oxygen atoms in total. The molecular formula is C16H15F3N2O3S. The zero-order valence-electron chi connectivity index (χ0n) is 13.2. The van der Waals surface area contributed by atoms with E-state index < -0.39 is 39.9 Å². The lowest BCUT2D eigenvalue weighted by atomic mass is 10.3.